The first kappa shape index (κ1) is 18.9. The fourth-order valence-corrected chi connectivity index (χ4v) is 4.43. The second kappa shape index (κ2) is 7.28. The van der Waals surface area contributed by atoms with Crippen molar-refractivity contribution in [1.82, 2.24) is 15.2 Å². The van der Waals surface area contributed by atoms with Gasteiger partial charge in [0.05, 0.1) is 17.6 Å². The zero-order chi connectivity index (χ0) is 20.8. The molecule has 0 spiro atoms. The molecule has 4 aliphatic rings. The van der Waals surface area contributed by atoms with E-state index in [0.717, 1.165) is 43.0 Å². The molecule has 1 saturated heterocycles. The lowest BCUT2D eigenvalue weighted by molar-refractivity contribution is -0.114. The maximum Gasteiger partial charge on any atom is 0.272 e. The van der Waals surface area contributed by atoms with Crippen LogP contribution in [0.4, 0.5) is 5.69 Å². The lowest BCUT2D eigenvalue weighted by atomic mass is 10.00. The highest BCUT2D eigenvalue weighted by Crippen LogP contribution is 2.39. The second-order valence-electron chi connectivity index (χ2n) is 8.15. The van der Waals surface area contributed by atoms with Gasteiger partial charge in [0.2, 0.25) is 0 Å². The Morgan fingerprint density at radius 1 is 1.27 bits per heavy atom. The highest BCUT2D eigenvalue weighted by atomic mass is 16.2. The smallest absolute Gasteiger partial charge is 0.272 e. The van der Waals surface area contributed by atoms with E-state index >= 15 is 0 Å². The van der Waals surface area contributed by atoms with Gasteiger partial charge in [-0.25, -0.2) is 9.98 Å². The van der Waals surface area contributed by atoms with Crippen molar-refractivity contribution in [2.45, 2.75) is 31.5 Å². The van der Waals surface area contributed by atoms with Crippen LogP contribution in [0, 0.1) is 0 Å². The Morgan fingerprint density at radius 3 is 2.90 bits per heavy atom. The summed E-state index contributed by atoms with van der Waals surface area (Å²) in [5.41, 5.74) is 4.00. The molecule has 2 amide bonds. The molecule has 0 bridgehead atoms. The van der Waals surface area contributed by atoms with Gasteiger partial charge in [0, 0.05) is 50.6 Å². The van der Waals surface area contributed by atoms with Gasteiger partial charge in [0.15, 0.2) is 0 Å². The molecule has 30 heavy (non-hydrogen) atoms. The van der Waals surface area contributed by atoms with Crippen molar-refractivity contribution in [3.05, 3.63) is 47.3 Å². The number of nitrogens with zero attached hydrogens (tertiary/aromatic N) is 5. The van der Waals surface area contributed by atoms with Crippen molar-refractivity contribution in [3.8, 4) is 0 Å². The molecule has 1 saturated carbocycles. The van der Waals surface area contributed by atoms with Crippen LogP contribution in [0.1, 0.15) is 23.8 Å². The number of rotatable bonds is 4. The van der Waals surface area contributed by atoms with Gasteiger partial charge >= 0.3 is 0 Å². The summed E-state index contributed by atoms with van der Waals surface area (Å²) in [6.07, 6.45) is 8.73. The average molecular weight is 404 g/mol. The zero-order valence-electron chi connectivity index (χ0n) is 17.1. The molecule has 3 aliphatic heterocycles. The Balaban J connectivity index is 1.23. The fourth-order valence-electron chi connectivity index (χ4n) is 4.43. The third kappa shape index (κ3) is 3.37. The SMILES string of the molecule is CNC(=O)c1ccc(N2CCN(CC3=CC4=NC(=O)C(C)=CC4N=C3)[C@H]3C[C@H]32)cn1. The molecule has 1 aromatic heterocycles. The molecule has 3 atom stereocenters. The van der Waals surface area contributed by atoms with Crippen LogP contribution in [0.3, 0.4) is 0 Å². The number of fused-ring (bicyclic) bond motifs is 2. The Labute approximate surface area is 175 Å². The molecule has 0 aromatic carbocycles. The normalized spacial score (nSPS) is 27.5. The average Bonchev–Trinajstić information content (AvgIpc) is 3.56. The number of amides is 2. The lowest BCUT2D eigenvalue weighted by Crippen LogP contribution is -2.47. The van der Waals surface area contributed by atoms with E-state index < -0.39 is 0 Å². The van der Waals surface area contributed by atoms with E-state index in [1.165, 1.54) is 0 Å². The molecule has 5 rings (SSSR count). The maximum absolute atomic E-state index is 11.9. The van der Waals surface area contributed by atoms with E-state index in [9.17, 15) is 9.59 Å². The summed E-state index contributed by atoms with van der Waals surface area (Å²) in [7, 11) is 1.61. The summed E-state index contributed by atoms with van der Waals surface area (Å²) in [6.45, 7) is 4.45. The van der Waals surface area contributed by atoms with Crippen LogP contribution < -0.4 is 10.2 Å². The van der Waals surface area contributed by atoms with Gasteiger partial charge in [-0.3, -0.25) is 19.5 Å². The number of aromatic nitrogens is 1. The number of hydrogen-bond acceptors (Lipinski definition) is 6. The first-order chi connectivity index (χ1) is 14.5. The summed E-state index contributed by atoms with van der Waals surface area (Å²) in [5.74, 6) is -0.337. The zero-order valence-corrected chi connectivity index (χ0v) is 17.1. The summed E-state index contributed by atoms with van der Waals surface area (Å²) in [6, 6.07) is 4.61. The van der Waals surface area contributed by atoms with Crippen molar-refractivity contribution < 1.29 is 9.59 Å². The number of carbonyl (C=O) groups excluding carboxylic acids is 2. The summed E-state index contributed by atoms with van der Waals surface area (Å²) < 4.78 is 0. The fraction of sp³-hybridized carbons (Fsp3) is 0.409. The molecule has 1 unspecified atom stereocenters. The number of carbonyl (C=O) groups is 2. The van der Waals surface area contributed by atoms with Gasteiger partial charge in [0.1, 0.15) is 11.7 Å². The van der Waals surface area contributed by atoms with Gasteiger partial charge in [-0.2, -0.15) is 0 Å². The topological polar surface area (TPSA) is 90.3 Å². The number of piperazine rings is 1. The molecule has 154 valence electrons. The van der Waals surface area contributed by atoms with E-state index in [4.69, 9.17) is 0 Å². The van der Waals surface area contributed by atoms with Crippen LogP contribution in [0.5, 0.6) is 0 Å². The first-order valence-electron chi connectivity index (χ1n) is 10.3. The minimum Gasteiger partial charge on any atom is -0.364 e. The van der Waals surface area contributed by atoms with Crippen LogP contribution in [0.15, 0.2) is 51.6 Å². The molecule has 1 aromatic rings. The van der Waals surface area contributed by atoms with Gasteiger partial charge in [-0.1, -0.05) is 0 Å². The lowest BCUT2D eigenvalue weighted by Gasteiger charge is -2.36. The summed E-state index contributed by atoms with van der Waals surface area (Å²) in [4.78, 5) is 41.5. The molecule has 8 nitrogen and oxygen atoms in total. The monoisotopic (exact) mass is 404 g/mol. The van der Waals surface area contributed by atoms with Crippen LogP contribution >= 0.6 is 0 Å². The van der Waals surface area contributed by atoms with Crippen LogP contribution in [-0.2, 0) is 4.79 Å². The van der Waals surface area contributed by atoms with Crippen LogP contribution in [-0.4, -0.2) is 78.4 Å². The molecule has 0 radical (unpaired) electrons. The van der Waals surface area contributed by atoms with E-state index in [2.05, 4.69) is 30.1 Å². The van der Waals surface area contributed by atoms with E-state index in [1.54, 1.807) is 26.2 Å². The summed E-state index contributed by atoms with van der Waals surface area (Å²) in [5, 5.41) is 2.60. The largest absolute Gasteiger partial charge is 0.364 e. The molecular weight excluding hydrogens is 380 g/mol. The number of nitrogens with one attached hydrogen (secondary N) is 1. The number of aliphatic imine (C=N–C) groups is 2. The standard InChI is InChI=1S/C22H24N6O2/c1-13-7-17-18(26-21(13)29)8-14(10-24-17)12-27-5-6-28(20-9-19(20)27)15-3-4-16(25-11-15)22(30)23-2/h3-4,7-8,10-11,17,19-20H,5-6,9,12H2,1-2H3,(H,23,30)/t17?,19-,20+/m0/s1. The molecule has 8 heteroatoms. The third-order valence-electron chi connectivity index (χ3n) is 6.16. The second-order valence-corrected chi connectivity index (χ2v) is 8.15. The molecule has 1 N–H and O–H groups in total. The predicted molar refractivity (Wildman–Crippen MR) is 115 cm³/mol. The van der Waals surface area contributed by atoms with Gasteiger partial charge < -0.3 is 10.2 Å². The molecule has 2 fully saturated rings. The third-order valence-corrected chi connectivity index (χ3v) is 6.16. The number of dihydropyridines is 2. The summed E-state index contributed by atoms with van der Waals surface area (Å²) >= 11 is 0. The van der Waals surface area contributed by atoms with E-state index in [0.29, 0.717) is 23.4 Å². The van der Waals surface area contributed by atoms with Gasteiger partial charge in [0.25, 0.3) is 11.8 Å². The molecule has 1 aliphatic carbocycles. The molecule has 4 heterocycles. The van der Waals surface area contributed by atoms with E-state index in [1.807, 2.05) is 24.4 Å². The number of anilines is 1. The Bertz CT molecular complexity index is 1020. The molecular formula is C22H24N6O2. The maximum atomic E-state index is 11.9. The Hall–Kier alpha value is -3.13. The van der Waals surface area contributed by atoms with Crippen molar-refractivity contribution in [2.24, 2.45) is 9.98 Å². The van der Waals surface area contributed by atoms with Crippen molar-refractivity contribution in [3.63, 3.8) is 0 Å². The minimum atomic E-state index is -0.171. The van der Waals surface area contributed by atoms with Crippen LogP contribution in [0.2, 0.25) is 0 Å². The van der Waals surface area contributed by atoms with Crippen molar-refractivity contribution >= 4 is 29.4 Å². The quantitative estimate of drug-likeness (QED) is 0.809. The van der Waals surface area contributed by atoms with Gasteiger partial charge in [-0.15, -0.1) is 0 Å². The first-order valence-corrected chi connectivity index (χ1v) is 10.3. The number of hydrogen-bond donors (Lipinski definition) is 1. The van der Waals surface area contributed by atoms with E-state index in [-0.39, 0.29) is 17.9 Å². The van der Waals surface area contributed by atoms with Crippen molar-refractivity contribution in [1.29, 1.82) is 0 Å². The Morgan fingerprint density at radius 2 is 2.13 bits per heavy atom. The highest BCUT2D eigenvalue weighted by molar-refractivity contribution is 6.16. The van der Waals surface area contributed by atoms with Crippen molar-refractivity contribution in [2.75, 3.05) is 31.6 Å². The number of pyridine rings is 1. The highest BCUT2D eigenvalue weighted by Gasteiger charge is 2.49. The minimum absolute atomic E-state index is 0.123. The Kier molecular flexibility index (Phi) is 4.58. The van der Waals surface area contributed by atoms with Crippen LogP contribution in [0.25, 0.3) is 0 Å². The van der Waals surface area contributed by atoms with Gasteiger partial charge in [-0.05, 0) is 43.2 Å². The predicted octanol–water partition coefficient (Wildman–Crippen LogP) is 1.01.